The van der Waals surface area contributed by atoms with Crippen LogP contribution in [0.15, 0.2) is 36.4 Å². The van der Waals surface area contributed by atoms with Crippen molar-refractivity contribution in [2.75, 3.05) is 12.4 Å². The first-order valence-electron chi connectivity index (χ1n) is 6.69. The topological polar surface area (TPSA) is 65.3 Å². The van der Waals surface area contributed by atoms with E-state index in [4.69, 9.17) is 10.00 Å². The molecule has 0 aliphatic rings. The molecule has 0 amide bonds. The Balaban J connectivity index is 2.30. The number of nitriles is 1. The van der Waals surface area contributed by atoms with Crippen LogP contribution in [0.25, 0.3) is 0 Å². The lowest BCUT2D eigenvalue weighted by Gasteiger charge is -2.19. The first kappa shape index (κ1) is 14.7. The van der Waals surface area contributed by atoms with Crippen LogP contribution in [0.4, 0.5) is 5.69 Å². The van der Waals surface area contributed by atoms with E-state index in [0.29, 0.717) is 11.3 Å². The monoisotopic (exact) mass is 282 g/mol. The van der Waals surface area contributed by atoms with Gasteiger partial charge in [-0.05, 0) is 49.7 Å². The first-order valence-corrected chi connectivity index (χ1v) is 6.69. The highest BCUT2D eigenvalue weighted by molar-refractivity contribution is 5.57. The molecule has 0 bridgehead atoms. The lowest BCUT2D eigenvalue weighted by atomic mass is 10.0. The molecule has 0 radical (unpaired) electrons. The van der Waals surface area contributed by atoms with Gasteiger partial charge in [-0.15, -0.1) is 0 Å². The van der Waals surface area contributed by atoms with E-state index in [1.54, 1.807) is 31.4 Å². The number of hydrogen-bond acceptors (Lipinski definition) is 4. The standard InChI is InChI=1S/C17H18N2O2/c1-11-4-5-13(10-18)8-16(11)19-12(2)15-9-14(21-3)6-7-17(15)20/h4-9,12,19-20H,1-3H3. The molecule has 1 atom stereocenters. The smallest absolute Gasteiger partial charge is 0.121 e. The number of aryl methyl sites for hydroxylation is 1. The number of phenolic OH excluding ortho intramolecular Hbond substituents is 1. The van der Waals surface area contributed by atoms with Crippen molar-refractivity contribution in [3.05, 3.63) is 53.1 Å². The second-order valence-electron chi connectivity index (χ2n) is 4.93. The molecule has 0 saturated carbocycles. The molecule has 108 valence electrons. The molecule has 4 nitrogen and oxygen atoms in total. The number of hydrogen-bond donors (Lipinski definition) is 2. The van der Waals surface area contributed by atoms with Gasteiger partial charge in [-0.3, -0.25) is 0 Å². The van der Waals surface area contributed by atoms with Crippen molar-refractivity contribution in [1.29, 1.82) is 5.26 Å². The van der Waals surface area contributed by atoms with Crippen LogP contribution in [0, 0.1) is 18.3 Å². The Morgan fingerprint density at radius 2 is 2.00 bits per heavy atom. The zero-order valence-electron chi connectivity index (χ0n) is 12.3. The quantitative estimate of drug-likeness (QED) is 0.896. The summed E-state index contributed by atoms with van der Waals surface area (Å²) in [4.78, 5) is 0. The molecule has 1 unspecified atom stereocenters. The fourth-order valence-corrected chi connectivity index (χ4v) is 2.16. The third-order valence-corrected chi connectivity index (χ3v) is 3.44. The lowest BCUT2D eigenvalue weighted by molar-refractivity contribution is 0.410. The second-order valence-corrected chi connectivity index (χ2v) is 4.93. The normalized spacial score (nSPS) is 11.5. The first-order chi connectivity index (χ1) is 10.0. The molecule has 21 heavy (non-hydrogen) atoms. The van der Waals surface area contributed by atoms with Crippen LogP contribution in [0.1, 0.15) is 29.7 Å². The molecule has 4 heteroatoms. The van der Waals surface area contributed by atoms with E-state index in [1.165, 1.54) is 0 Å². The van der Waals surface area contributed by atoms with Crippen molar-refractivity contribution in [3.8, 4) is 17.6 Å². The maximum Gasteiger partial charge on any atom is 0.121 e. The molecule has 0 aliphatic heterocycles. The molecule has 0 fully saturated rings. The summed E-state index contributed by atoms with van der Waals surface area (Å²) < 4.78 is 5.19. The van der Waals surface area contributed by atoms with E-state index in [0.717, 1.165) is 16.8 Å². The van der Waals surface area contributed by atoms with Crippen LogP contribution in [-0.2, 0) is 0 Å². The fraction of sp³-hybridized carbons (Fsp3) is 0.235. The third kappa shape index (κ3) is 3.26. The molecule has 0 spiro atoms. The highest BCUT2D eigenvalue weighted by Gasteiger charge is 2.13. The van der Waals surface area contributed by atoms with Gasteiger partial charge in [0.05, 0.1) is 24.8 Å². The van der Waals surface area contributed by atoms with Gasteiger partial charge >= 0.3 is 0 Å². The molecule has 0 aromatic heterocycles. The third-order valence-electron chi connectivity index (χ3n) is 3.44. The Hall–Kier alpha value is -2.67. The Bertz CT molecular complexity index is 690. The zero-order valence-corrected chi connectivity index (χ0v) is 12.3. The number of methoxy groups -OCH3 is 1. The predicted octanol–water partition coefficient (Wildman–Crippen LogP) is 3.75. The number of phenols is 1. The molecule has 0 aliphatic carbocycles. The van der Waals surface area contributed by atoms with E-state index in [1.807, 2.05) is 26.0 Å². The van der Waals surface area contributed by atoms with Crippen molar-refractivity contribution >= 4 is 5.69 Å². The van der Waals surface area contributed by atoms with Gasteiger partial charge < -0.3 is 15.2 Å². The molecule has 0 heterocycles. The molecule has 2 N–H and O–H groups in total. The van der Waals surface area contributed by atoms with Crippen LogP contribution in [-0.4, -0.2) is 12.2 Å². The number of aromatic hydroxyl groups is 1. The number of benzene rings is 2. The highest BCUT2D eigenvalue weighted by Crippen LogP contribution is 2.31. The fourth-order valence-electron chi connectivity index (χ4n) is 2.16. The van der Waals surface area contributed by atoms with Crippen molar-refractivity contribution in [1.82, 2.24) is 0 Å². The van der Waals surface area contributed by atoms with Crippen LogP contribution in [0.2, 0.25) is 0 Å². The number of nitrogens with one attached hydrogen (secondary N) is 1. The minimum absolute atomic E-state index is 0.118. The molecule has 0 saturated heterocycles. The van der Waals surface area contributed by atoms with Gasteiger partial charge in [-0.25, -0.2) is 0 Å². The average Bonchev–Trinajstić information content (AvgIpc) is 2.49. The minimum Gasteiger partial charge on any atom is -0.508 e. The summed E-state index contributed by atoms with van der Waals surface area (Å²) in [6.07, 6.45) is 0. The van der Waals surface area contributed by atoms with Gasteiger partial charge in [0.2, 0.25) is 0 Å². The van der Waals surface area contributed by atoms with Crippen molar-refractivity contribution in [2.45, 2.75) is 19.9 Å². The van der Waals surface area contributed by atoms with Crippen LogP contribution in [0.3, 0.4) is 0 Å². The van der Waals surface area contributed by atoms with Gasteiger partial charge in [0.1, 0.15) is 11.5 Å². The van der Waals surface area contributed by atoms with Crippen LogP contribution >= 0.6 is 0 Å². The molecule has 2 aromatic carbocycles. The van der Waals surface area contributed by atoms with Gasteiger partial charge in [0.15, 0.2) is 0 Å². The summed E-state index contributed by atoms with van der Waals surface area (Å²) in [5.41, 5.74) is 3.27. The zero-order chi connectivity index (χ0) is 15.4. The van der Waals surface area contributed by atoms with E-state index >= 15 is 0 Å². The Morgan fingerprint density at radius 1 is 1.24 bits per heavy atom. The predicted molar refractivity (Wildman–Crippen MR) is 82.6 cm³/mol. The van der Waals surface area contributed by atoms with E-state index in [9.17, 15) is 5.11 Å². The number of anilines is 1. The van der Waals surface area contributed by atoms with Gasteiger partial charge in [0.25, 0.3) is 0 Å². The molecule has 2 rings (SSSR count). The minimum atomic E-state index is -0.118. The van der Waals surface area contributed by atoms with Gasteiger partial charge in [-0.2, -0.15) is 5.26 Å². The summed E-state index contributed by atoms with van der Waals surface area (Å²) in [5, 5.41) is 22.3. The number of ether oxygens (including phenoxy) is 1. The Labute approximate surface area is 124 Å². The molecule has 2 aromatic rings. The largest absolute Gasteiger partial charge is 0.508 e. The summed E-state index contributed by atoms with van der Waals surface area (Å²) in [6, 6.07) is 12.6. The van der Waals surface area contributed by atoms with Crippen molar-refractivity contribution < 1.29 is 9.84 Å². The highest BCUT2D eigenvalue weighted by atomic mass is 16.5. The molecular weight excluding hydrogens is 264 g/mol. The lowest BCUT2D eigenvalue weighted by Crippen LogP contribution is -2.08. The van der Waals surface area contributed by atoms with E-state index in [-0.39, 0.29) is 11.8 Å². The second kappa shape index (κ2) is 6.19. The Kier molecular flexibility index (Phi) is 4.34. The van der Waals surface area contributed by atoms with Crippen LogP contribution < -0.4 is 10.1 Å². The number of rotatable bonds is 4. The van der Waals surface area contributed by atoms with Crippen LogP contribution in [0.5, 0.6) is 11.5 Å². The van der Waals surface area contributed by atoms with E-state index < -0.39 is 0 Å². The van der Waals surface area contributed by atoms with Crippen molar-refractivity contribution in [2.24, 2.45) is 0 Å². The summed E-state index contributed by atoms with van der Waals surface area (Å²) in [6.45, 7) is 3.93. The summed E-state index contributed by atoms with van der Waals surface area (Å²) in [5.74, 6) is 0.906. The maximum absolute atomic E-state index is 10.0. The summed E-state index contributed by atoms with van der Waals surface area (Å²) >= 11 is 0. The molecular formula is C17H18N2O2. The number of nitrogens with zero attached hydrogens (tertiary/aromatic N) is 1. The van der Waals surface area contributed by atoms with Crippen molar-refractivity contribution in [3.63, 3.8) is 0 Å². The van der Waals surface area contributed by atoms with Gasteiger partial charge in [-0.1, -0.05) is 6.07 Å². The maximum atomic E-state index is 10.0. The average molecular weight is 282 g/mol. The SMILES string of the molecule is COc1ccc(O)c(C(C)Nc2cc(C#N)ccc2C)c1. The van der Waals surface area contributed by atoms with E-state index in [2.05, 4.69) is 11.4 Å². The summed E-state index contributed by atoms with van der Waals surface area (Å²) in [7, 11) is 1.59. The van der Waals surface area contributed by atoms with Gasteiger partial charge in [0, 0.05) is 11.3 Å². The Morgan fingerprint density at radius 3 is 2.67 bits per heavy atom.